The fourth-order valence-electron chi connectivity index (χ4n) is 2.34. The van der Waals surface area contributed by atoms with Crippen molar-refractivity contribution < 1.29 is 14.7 Å². The highest BCUT2D eigenvalue weighted by atomic mass is 32.2. The first-order valence-corrected chi connectivity index (χ1v) is 7.75. The molecule has 1 saturated carbocycles. The molecule has 0 aliphatic heterocycles. The Hall–Kier alpha value is -1.49. The predicted octanol–water partition coefficient (Wildman–Crippen LogP) is 3.38. The molecule has 0 aromatic heterocycles. The minimum atomic E-state index is -0.855. The number of carboxylic acid groups (broad SMARTS) is 1. The van der Waals surface area contributed by atoms with Crippen molar-refractivity contribution >= 4 is 29.3 Å². The van der Waals surface area contributed by atoms with Gasteiger partial charge in [0, 0.05) is 10.8 Å². The van der Waals surface area contributed by atoms with Crippen molar-refractivity contribution in [2.45, 2.75) is 42.8 Å². The van der Waals surface area contributed by atoms with Gasteiger partial charge in [-0.15, -0.1) is 11.8 Å². The van der Waals surface area contributed by atoms with Crippen LogP contribution in [-0.4, -0.2) is 22.2 Å². The monoisotopic (exact) mass is 293 g/mol. The van der Waals surface area contributed by atoms with Gasteiger partial charge in [0.05, 0.1) is 5.69 Å². The number of anilines is 1. The molecule has 0 unspecified atom stereocenters. The van der Waals surface area contributed by atoms with Crippen LogP contribution in [0.2, 0.25) is 0 Å². The SMILES string of the molecule is C[C@@H](Sc1ccccc1NC(=O)C1CCCC1)C(=O)O. The molecule has 1 aromatic rings. The quantitative estimate of drug-likeness (QED) is 0.817. The molecule has 4 nitrogen and oxygen atoms in total. The predicted molar refractivity (Wildman–Crippen MR) is 80.0 cm³/mol. The highest BCUT2D eigenvalue weighted by Gasteiger charge is 2.23. The number of rotatable bonds is 5. The Bertz CT molecular complexity index is 498. The summed E-state index contributed by atoms with van der Waals surface area (Å²) >= 11 is 1.25. The normalized spacial score (nSPS) is 16.9. The summed E-state index contributed by atoms with van der Waals surface area (Å²) in [4.78, 5) is 23.9. The van der Waals surface area contributed by atoms with E-state index in [4.69, 9.17) is 5.11 Å². The number of thioether (sulfide) groups is 1. The summed E-state index contributed by atoms with van der Waals surface area (Å²) in [6, 6.07) is 7.36. The molecular weight excluding hydrogens is 274 g/mol. The second-order valence-electron chi connectivity index (χ2n) is 5.07. The van der Waals surface area contributed by atoms with Gasteiger partial charge in [0.2, 0.25) is 5.91 Å². The Morgan fingerprint density at radius 3 is 2.60 bits per heavy atom. The summed E-state index contributed by atoms with van der Waals surface area (Å²) < 4.78 is 0. The molecule has 1 atom stereocenters. The topological polar surface area (TPSA) is 66.4 Å². The first kappa shape index (κ1) is 14.9. The average molecular weight is 293 g/mol. The molecule has 1 amide bonds. The largest absolute Gasteiger partial charge is 0.480 e. The van der Waals surface area contributed by atoms with Crippen molar-refractivity contribution in [3.05, 3.63) is 24.3 Å². The highest BCUT2D eigenvalue weighted by Crippen LogP contribution is 2.32. The molecule has 2 rings (SSSR count). The van der Waals surface area contributed by atoms with Crippen LogP contribution in [0.1, 0.15) is 32.6 Å². The lowest BCUT2D eigenvalue weighted by Gasteiger charge is -2.15. The van der Waals surface area contributed by atoms with Crippen LogP contribution >= 0.6 is 11.8 Å². The zero-order valence-corrected chi connectivity index (χ0v) is 12.3. The number of hydrogen-bond acceptors (Lipinski definition) is 3. The molecule has 0 heterocycles. The number of carboxylic acids is 1. The Kier molecular flexibility index (Phi) is 5.06. The van der Waals surface area contributed by atoms with Crippen molar-refractivity contribution in [1.82, 2.24) is 0 Å². The minimum absolute atomic E-state index is 0.0542. The second-order valence-corrected chi connectivity index (χ2v) is 6.45. The van der Waals surface area contributed by atoms with Crippen molar-refractivity contribution in [2.24, 2.45) is 5.92 Å². The van der Waals surface area contributed by atoms with E-state index in [1.54, 1.807) is 6.92 Å². The lowest BCUT2D eigenvalue weighted by molar-refractivity contribution is -0.136. The van der Waals surface area contributed by atoms with E-state index in [1.807, 2.05) is 24.3 Å². The number of carbonyl (C=O) groups is 2. The van der Waals surface area contributed by atoms with Gasteiger partial charge < -0.3 is 10.4 Å². The zero-order valence-electron chi connectivity index (χ0n) is 11.5. The number of benzene rings is 1. The van der Waals surface area contributed by atoms with Gasteiger partial charge in [-0.2, -0.15) is 0 Å². The lowest BCUT2D eigenvalue weighted by Crippen LogP contribution is -2.21. The minimum Gasteiger partial charge on any atom is -0.480 e. The fourth-order valence-corrected chi connectivity index (χ4v) is 3.22. The summed E-state index contributed by atoms with van der Waals surface area (Å²) in [5, 5.41) is 11.4. The molecule has 1 fully saturated rings. The molecule has 1 aliphatic carbocycles. The summed E-state index contributed by atoms with van der Waals surface area (Å²) in [6.45, 7) is 1.64. The molecule has 1 aliphatic rings. The van der Waals surface area contributed by atoms with Crippen LogP contribution in [0.4, 0.5) is 5.69 Å². The first-order chi connectivity index (χ1) is 9.58. The summed E-state index contributed by atoms with van der Waals surface area (Å²) in [5.74, 6) is -0.699. The van der Waals surface area contributed by atoms with Crippen molar-refractivity contribution in [1.29, 1.82) is 0 Å². The van der Waals surface area contributed by atoms with Crippen LogP contribution < -0.4 is 5.32 Å². The lowest BCUT2D eigenvalue weighted by atomic mass is 10.1. The van der Waals surface area contributed by atoms with E-state index in [0.717, 1.165) is 30.6 Å². The van der Waals surface area contributed by atoms with E-state index in [9.17, 15) is 9.59 Å². The highest BCUT2D eigenvalue weighted by molar-refractivity contribution is 8.00. The third-order valence-corrected chi connectivity index (χ3v) is 4.69. The standard InChI is InChI=1S/C15H19NO3S/c1-10(15(18)19)20-13-9-5-4-8-12(13)16-14(17)11-6-2-3-7-11/h4-5,8-11H,2-3,6-7H2,1H3,(H,16,17)(H,18,19)/t10-/m1/s1. The zero-order chi connectivity index (χ0) is 14.5. The van der Waals surface area contributed by atoms with Gasteiger partial charge in [0.1, 0.15) is 5.25 Å². The summed E-state index contributed by atoms with van der Waals surface area (Å²) in [6.07, 6.45) is 4.13. The third-order valence-electron chi connectivity index (χ3n) is 3.52. The molecule has 1 aromatic carbocycles. The van der Waals surface area contributed by atoms with E-state index in [-0.39, 0.29) is 11.8 Å². The van der Waals surface area contributed by atoms with Crippen LogP contribution in [0.15, 0.2) is 29.2 Å². The van der Waals surface area contributed by atoms with Gasteiger partial charge >= 0.3 is 5.97 Å². The molecule has 0 radical (unpaired) electrons. The molecule has 0 saturated heterocycles. The van der Waals surface area contributed by atoms with Crippen LogP contribution in [0.3, 0.4) is 0 Å². The number of hydrogen-bond donors (Lipinski definition) is 2. The number of para-hydroxylation sites is 1. The first-order valence-electron chi connectivity index (χ1n) is 6.87. The van der Waals surface area contributed by atoms with Crippen LogP contribution in [0, 0.1) is 5.92 Å². The summed E-state index contributed by atoms with van der Waals surface area (Å²) in [5.41, 5.74) is 0.711. The Morgan fingerprint density at radius 1 is 1.30 bits per heavy atom. The molecule has 2 N–H and O–H groups in total. The van der Waals surface area contributed by atoms with Gasteiger partial charge in [-0.05, 0) is 31.9 Å². The van der Waals surface area contributed by atoms with Crippen molar-refractivity contribution in [3.8, 4) is 0 Å². The molecule has 0 spiro atoms. The Balaban J connectivity index is 2.07. The van der Waals surface area contributed by atoms with Gasteiger partial charge in [-0.3, -0.25) is 9.59 Å². The number of aliphatic carboxylic acids is 1. The molecule has 108 valence electrons. The molecule has 0 bridgehead atoms. The maximum atomic E-state index is 12.1. The van der Waals surface area contributed by atoms with E-state index < -0.39 is 11.2 Å². The van der Waals surface area contributed by atoms with E-state index in [0.29, 0.717) is 5.69 Å². The van der Waals surface area contributed by atoms with Crippen molar-refractivity contribution in [3.63, 3.8) is 0 Å². The van der Waals surface area contributed by atoms with Crippen LogP contribution in [-0.2, 0) is 9.59 Å². The van der Waals surface area contributed by atoms with E-state index in [1.165, 1.54) is 11.8 Å². The van der Waals surface area contributed by atoms with Gasteiger partial charge in [-0.25, -0.2) is 0 Å². The number of carbonyl (C=O) groups excluding carboxylic acids is 1. The average Bonchev–Trinajstić information content (AvgIpc) is 2.94. The smallest absolute Gasteiger partial charge is 0.316 e. The number of nitrogens with one attached hydrogen (secondary N) is 1. The van der Waals surface area contributed by atoms with Crippen molar-refractivity contribution in [2.75, 3.05) is 5.32 Å². The fraction of sp³-hybridized carbons (Fsp3) is 0.467. The molecular formula is C15H19NO3S. The van der Waals surface area contributed by atoms with Gasteiger partial charge in [-0.1, -0.05) is 25.0 Å². The Labute approximate surface area is 123 Å². The summed E-state index contributed by atoms with van der Waals surface area (Å²) in [7, 11) is 0. The van der Waals surface area contributed by atoms with Crippen LogP contribution in [0.5, 0.6) is 0 Å². The van der Waals surface area contributed by atoms with E-state index >= 15 is 0 Å². The maximum Gasteiger partial charge on any atom is 0.316 e. The maximum absolute atomic E-state index is 12.1. The van der Waals surface area contributed by atoms with Gasteiger partial charge in [0.25, 0.3) is 0 Å². The molecule has 5 heteroatoms. The van der Waals surface area contributed by atoms with E-state index in [2.05, 4.69) is 5.32 Å². The molecule has 20 heavy (non-hydrogen) atoms. The second kappa shape index (κ2) is 6.79. The van der Waals surface area contributed by atoms with Gasteiger partial charge in [0.15, 0.2) is 0 Å². The third kappa shape index (κ3) is 3.76. The van der Waals surface area contributed by atoms with Crippen LogP contribution in [0.25, 0.3) is 0 Å². The number of amides is 1. The Morgan fingerprint density at radius 2 is 1.95 bits per heavy atom.